The van der Waals surface area contributed by atoms with Crippen molar-refractivity contribution < 1.29 is 14.3 Å². The van der Waals surface area contributed by atoms with E-state index in [9.17, 15) is 4.79 Å². The van der Waals surface area contributed by atoms with Crippen LogP contribution in [0.15, 0.2) is 66.3 Å². The molecule has 1 saturated heterocycles. The first-order valence-corrected chi connectivity index (χ1v) is 11.0. The van der Waals surface area contributed by atoms with Crippen molar-refractivity contribution in [3.63, 3.8) is 0 Å². The van der Waals surface area contributed by atoms with Crippen LogP contribution in [0.25, 0.3) is 0 Å². The normalized spacial score (nSPS) is 15.7. The molecule has 1 atom stereocenters. The zero-order valence-corrected chi connectivity index (χ0v) is 17.5. The number of urea groups is 1. The number of hydrogen-bond donors (Lipinski definition) is 1. The highest BCUT2D eigenvalue weighted by Gasteiger charge is 2.23. The van der Waals surface area contributed by atoms with Gasteiger partial charge in [-0.15, -0.1) is 11.3 Å². The number of amides is 2. The molecule has 3 aromatic rings. The third kappa shape index (κ3) is 5.81. The predicted octanol–water partition coefficient (Wildman–Crippen LogP) is 4.94. The maximum atomic E-state index is 13.0. The Kier molecular flexibility index (Phi) is 6.95. The Morgan fingerprint density at radius 1 is 1.23 bits per heavy atom. The van der Waals surface area contributed by atoms with Crippen molar-refractivity contribution in [2.45, 2.75) is 32.1 Å². The SMILES string of the molecule is O=C(Nc1ccc(OCc2cccs2)cc1)N(Cc1cccnc1)C[C@H]1CCCO1. The molecule has 0 saturated carbocycles. The molecule has 0 aliphatic carbocycles. The summed E-state index contributed by atoms with van der Waals surface area (Å²) >= 11 is 1.67. The molecule has 1 N–H and O–H groups in total. The third-order valence-electron chi connectivity index (χ3n) is 4.90. The van der Waals surface area contributed by atoms with E-state index >= 15 is 0 Å². The standard InChI is InChI=1S/C23H25N3O3S/c27-23(25-19-7-9-20(10-8-19)29-17-22-6-3-13-30-22)26(16-21-5-2-12-28-21)15-18-4-1-11-24-14-18/h1,3-4,6-11,13-14,21H,2,5,12,15-17H2,(H,25,27)/t21-/m1/s1. The molecule has 2 amide bonds. The van der Waals surface area contributed by atoms with Gasteiger partial charge in [0, 0.05) is 42.7 Å². The van der Waals surface area contributed by atoms with E-state index in [1.807, 2.05) is 53.9 Å². The number of nitrogens with zero attached hydrogens (tertiary/aromatic N) is 2. The summed E-state index contributed by atoms with van der Waals surface area (Å²) in [5.41, 5.74) is 1.72. The van der Waals surface area contributed by atoms with E-state index in [-0.39, 0.29) is 12.1 Å². The van der Waals surface area contributed by atoms with Crippen molar-refractivity contribution in [2.24, 2.45) is 0 Å². The topological polar surface area (TPSA) is 63.7 Å². The summed E-state index contributed by atoms with van der Waals surface area (Å²) in [4.78, 5) is 20.1. The second kappa shape index (κ2) is 10.2. The van der Waals surface area contributed by atoms with Gasteiger partial charge in [0.25, 0.3) is 0 Å². The smallest absolute Gasteiger partial charge is 0.322 e. The van der Waals surface area contributed by atoms with E-state index < -0.39 is 0 Å². The summed E-state index contributed by atoms with van der Waals surface area (Å²) in [6.07, 6.45) is 5.62. The molecule has 1 aromatic carbocycles. The van der Waals surface area contributed by atoms with Crippen LogP contribution in [-0.4, -0.2) is 35.2 Å². The lowest BCUT2D eigenvalue weighted by molar-refractivity contribution is 0.0819. The van der Waals surface area contributed by atoms with Gasteiger partial charge in [-0.2, -0.15) is 0 Å². The molecule has 1 aliphatic rings. The number of aromatic nitrogens is 1. The van der Waals surface area contributed by atoms with Gasteiger partial charge in [-0.3, -0.25) is 4.98 Å². The Morgan fingerprint density at radius 3 is 2.83 bits per heavy atom. The minimum Gasteiger partial charge on any atom is -0.488 e. The van der Waals surface area contributed by atoms with Gasteiger partial charge in [0.15, 0.2) is 0 Å². The lowest BCUT2D eigenvalue weighted by Gasteiger charge is -2.26. The number of thiophene rings is 1. The number of carbonyl (C=O) groups is 1. The Labute approximate surface area is 180 Å². The molecule has 0 bridgehead atoms. The second-order valence-electron chi connectivity index (χ2n) is 7.20. The van der Waals surface area contributed by atoms with Crippen molar-refractivity contribution in [2.75, 3.05) is 18.5 Å². The summed E-state index contributed by atoms with van der Waals surface area (Å²) in [7, 11) is 0. The highest BCUT2D eigenvalue weighted by molar-refractivity contribution is 7.09. The molecule has 6 nitrogen and oxygen atoms in total. The molecular weight excluding hydrogens is 398 g/mol. The van der Waals surface area contributed by atoms with Crippen LogP contribution in [0.4, 0.5) is 10.5 Å². The second-order valence-corrected chi connectivity index (χ2v) is 8.23. The number of hydrogen-bond acceptors (Lipinski definition) is 5. The fourth-order valence-corrected chi connectivity index (χ4v) is 3.97. The first-order valence-electron chi connectivity index (χ1n) is 10.1. The van der Waals surface area contributed by atoms with Crippen LogP contribution in [-0.2, 0) is 17.9 Å². The predicted molar refractivity (Wildman–Crippen MR) is 118 cm³/mol. The largest absolute Gasteiger partial charge is 0.488 e. The van der Waals surface area contributed by atoms with Crippen molar-refractivity contribution in [3.05, 3.63) is 76.7 Å². The van der Waals surface area contributed by atoms with E-state index in [4.69, 9.17) is 9.47 Å². The van der Waals surface area contributed by atoms with Crippen molar-refractivity contribution >= 4 is 23.1 Å². The number of ether oxygens (including phenoxy) is 2. The Bertz CT molecular complexity index is 911. The highest BCUT2D eigenvalue weighted by Crippen LogP contribution is 2.20. The van der Waals surface area contributed by atoms with Gasteiger partial charge in [0.1, 0.15) is 12.4 Å². The van der Waals surface area contributed by atoms with Gasteiger partial charge in [-0.1, -0.05) is 12.1 Å². The number of carbonyl (C=O) groups excluding carboxylic acids is 1. The Hall–Kier alpha value is -2.90. The maximum Gasteiger partial charge on any atom is 0.322 e. The van der Waals surface area contributed by atoms with Crippen molar-refractivity contribution in [3.8, 4) is 5.75 Å². The van der Waals surface area contributed by atoms with Crippen LogP contribution in [0.5, 0.6) is 5.75 Å². The van der Waals surface area contributed by atoms with Crippen molar-refractivity contribution in [1.29, 1.82) is 0 Å². The van der Waals surface area contributed by atoms with Crippen LogP contribution in [0.1, 0.15) is 23.3 Å². The molecule has 30 heavy (non-hydrogen) atoms. The molecule has 0 spiro atoms. The van der Waals surface area contributed by atoms with Crippen LogP contribution < -0.4 is 10.1 Å². The first kappa shape index (κ1) is 20.4. The summed E-state index contributed by atoms with van der Waals surface area (Å²) < 4.78 is 11.5. The lowest BCUT2D eigenvalue weighted by atomic mass is 10.2. The summed E-state index contributed by atoms with van der Waals surface area (Å²) in [5, 5.41) is 5.02. The number of nitrogens with one attached hydrogen (secondary N) is 1. The number of pyridine rings is 1. The zero-order valence-electron chi connectivity index (χ0n) is 16.7. The lowest BCUT2D eigenvalue weighted by Crippen LogP contribution is -2.39. The van der Waals surface area contributed by atoms with Gasteiger partial charge in [-0.05, 0) is 60.2 Å². The quantitative estimate of drug-likeness (QED) is 0.558. The third-order valence-corrected chi connectivity index (χ3v) is 5.75. The Morgan fingerprint density at radius 2 is 2.13 bits per heavy atom. The van der Waals surface area contributed by atoms with Gasteiger partial charge < -0.3 is 19.7 Å². The van der Waals surface area contributed by atoms with Crippen molar-refractivity contribution in [1.82, 2.24) is 9.88 Å². The van der Waals surface area contributed by atoms with Crippen LogP contribution in [0, 0.1) is 0 Å². The molecule has 0 unspecified atom stereocenters. The number of benzene rings is 1. The maximum absolute atomic E-state index is 13.0. The minimum atomic E-state index is -0.151. The molecule has 2 aromatic heterocycles. The molecule has 1 fully saturated rings. The van der Waals surface area contributed by atoms with Gasteiger partial charge in [-0.25, -0.2) is 4.79 Å². The molecule has 0 radical (unpaired) electrons. The number of anilines is 1. The molecule has 1 aliphatic heterocycles. The fraction of sp³-hybridized carbons (Fsp3) is 0.304. The molecular formula is C23H25N3O3S. The first-order chi connectivity index (χ1) is 14.8. The van der Waals surface area contributed by atoms with E-state index in [1.165, 1.54) is 4.88 Å². The van der Waals surface area contributed by atoms with Gasteiger partial charge in [0.05, 0.1) is 6.10 Å². The summed E-state index contributed by atoms with van der Waals surface area (Å²) in [5.74, 6) is 0.771. The minimum absolute atomic E-state index is 0.0837. The molecule has 156 valence electrons. The average Bonchev–Trinajstić information content (AvgIpc) is 3.48. The highest BCUT2D eigenvalue weighted by atomic mass is 32.1. The zero-order chi connectivity index (χ0) is 20.6. The van der Waals surface area contributed by atoms with Crippen LogP contribution in [0.3, 0.4) is 0 Å². The summed E-state index contributed by atoms with van der Waals surface area (Å²) in [6.45, 7) is 2.36. The van der Waals surface area contributed by atoms with E-state index in [1.54, 1.807) is 28.6 Å². The van der Waals surface area contributed by atoms with Crippen LogP contribution in [0.2, 0.25) is 0 Å². The molecule has 4 rings (SSSR count). The van der Waals surface area contributed by atoms with E-state index in [0.29, 0.717) is 19.7 Å². The monoisotopic (exact) mass is 423 g/mol. The Balaban J connectivity index is 1.36. The molecule has 7 heteroatoms. The van der Waals surface area contributed by atoms with Gasteiger partial charge >= 0.3 is 6.03 Å². The number of rotatable bonds is 8. The fourth-order valence-electron chi connectivity index (χ4n) is 3.35. The van der Waals surface area contributed by atoms with Gasteiger partial charge in [0.2, 0.25) is 0 Å². The van der Waals surface area contributed by atoms with E-state index in [2.05, 4.69) is 10.3 Å². The van der Waals surface area contributed by atoms with E-state index in [0.717, 1.165) is 36.4 Å². The van der Waals surface area contributed by atoms with Crippen LogP contribution >= 0.6 is 11.3 Å². The summed E-state index contributed by atoms with van der Waals surface area (Å²) in [6, 6.07) is 15.2. The molecule has 3 heterocycles. The average molecular weight is 424 g/mol.